The minimum atomic E-state index is -0.0897. The predicted octanol–water partition coefficient (Wildman–Crippen LogP) is 7.93. The maximum atomic E-state index is 6.55. The molecule has 2 fully saturated rings. The number of benzene rings is 2. The number of hydrogen-bond acceptors (Lipinski definition) is 5. The van der Waals surface area contributed by atoms with Crippen LogP contribution in [0.15, 0.2) is 48.5 Å². The van der Waals surface area contributed by atoms with E-state index in [0.717, 1.165) is 47.3 Å². The zero-order chi connectivity index (χ0) is 23.5. The van der Waals surface area contributed by atoms with Crippen molar-refractivity contribution in [1.29, 1.82) is 0 Å². The molecule has 180 valence electrons. The Morgan fingerprint density at radius 2 is 1.94 bits per heavy atom. The van der Waals surface area contributed by atoms with Crippen LogP contribution in [0.4, 0.5) is 5.13 Å². The van der Waals surface area contributed by atoms with Gasteiger partial charge in [-0.15, -0.1) is 11.3 Å². The number of aryl methyl sites for hydroxylation is 1. The quantitative estimate of drug-likeness (QED) is 0.289. The molecule has 2 aromatic carbocycles. The lowest BCUT2D eigenvalue weighted by Gasteiger charge is -2.33. The molecule has 2 atom stereocenters. The van der Waals surface area contributed by atoms with Crippen LogP contribution in [0.2, 0.25) is 10.0 Å². The first-order chi connectivity index (χ1) is 16.6. The normalized spacial score (nSPS) is 19.2. The molecule has 5 rings (SSSR count). The van der Waals surface area contributed by atoms with E-state index in [4.69, 9.17) is 37.7 Å². The Kier molecular flexibility index (Phi) is 7.77. The minimum absolute atomic E-state index is 0.0897. The summed E-state index contributed by atoms with van der Waals surface area (Å²) in [6.07, 6.45) is 5.65. The summed E-state index contributed by atoms with van der Waals surface area (Å²) in [6, 6.07) is 16.7. The van der Waals surface area contributed by atoms with Gasteiger partial charge in [0, 0.05) is 28.6 Å². The average molecular weight is 518 g/mol. The fraction of sp³-hybridized carbons (Fsp3) is 0.444. The number of halogens is 2. The van der Waals surface area contributed by atoms with Gasteiger partial charge in [0.2, 0.25) is 0 Å². The molecule has 34 heavy (non-hydrogen) atoms. The van der Waals surface area contributed by atoms with E-state index in [1.54, 1.807) is 17.4 Å². The van der Waals surface area contributed by atoms with Gasteiger partial charge in [-0.2, -0.15) is 0 Å². The summed E-state index contributed by atoms with van der Waals surface area (Å²) in [5, 5.41) is 2.26. The number of ether oxygens (including phenoxy) is 2. The second kappa shape index (κ2) is 11.0. The third-order valence-electron chi connectivity index (χ3n) is 6.54. The summed E-state index contributed by atoms with van der Waals surface area (Å²) in [5.41, 5.74) is 3.17. The Morgan fingerprint density at radius 1 is 1.12 bits per heavy atom. The van der Waals surface area contributed by atoms with Crippen molar-refractivity contribution in [2.45, 2.75) is 51.4 Å². The molecule has 0 amide bonds. The van der Waals surface area contributed by atoms with E-state index in [9.17, 15) is 0 Å². The monoisotopic (exact) mass is 516 g/mol. The number of anilines is 1. The van der Waals surface area contributed by atoms with Gasteiger partial charge in [0.15, 0.2) is 11.4 Å². The zero-order valence-corrected chi connectivity index (χ0v) is 21.7. The van der Waals surface area contributed by atoms with E-state index >= 15 is 0 Å². The Morgan fingerprint density at radius 3 is 2.65 bits per heavy atom. The lowest BCUT2D eigenvalue weighted by atomic mass is 10.0. The van der Waals surface area contributed by atoms with E-state index in [-0.39, 0.29) is 12.3 Å². The highest BCUT2D eigenvalue weighted by atomic mass is 35.5. The number of aromatic nitrogens is 1. The van der Waals surface area contributed by atoms with Crippen molar-refractivity contribution in [2.24, 2.45) is 5.92 Å². The van der Waals surface area contributed by atoms with E-state index in [2.05, 4.69) is 42.2 Å². The van der Waals surface area contributed by atoms with Crippen molar-refractivity contribution in [2.75, 3.05) is 24.7 Å². The molecule has 1 aliphatic carbocycles. The summed E-state index contributed by atoms with van der Waals surface area (Å²) < 4.78 is 11.9. The number of nitrogens with zero attached hydrogens (tertiary/aromatic N) is 2. The maximum absolute atomic E-state index is 6.55. The molecule has 4 nitrogen and oxygen atoms in total. The van der Waals surface area contributed by atoms with Gasteiger partial charge >= 0.3 is 0 Å². The van der Waals surface area contributed by atoms with Gasteiger partial charge in [0.05, 0.1) is 23.4 Å². The molecule has 1 aliphatic heterocycles. The predicted molar refractivity (Wildman–Crippen MR) is 141 cm³/mol. The maximum Gasteiger partial charge on any atom is 0.186 e. The van der Waals surface area contributed by atoms with Gasteiger partial charge in [-0.05, 0) is 68.7 Å². The van der Waals surface area contributed by atoms with E-state index < -0.39 is 0 Å². The van der Waals surface area contributed by atoms with Crippen LogP contribution < -0.4 is 4.90 Å². The van der Waals surface area contributed by atoms with Gasteiger partial charge in [0.1, 0.15) is 0 Å². The third kappa shape index (κ3) is 5.60. The first-order valence-corrected chi connectivity index (χ1v) is 13.6. The molecular weight excluding hydrogens is 487 g/mol. The molecule has 0 spiro atoms. The summed E-state index contributed by atoms with van der Waals surface area (Å²) >= 11 is 14.4. The van der Waals surface area contributed by atoms with Crippen LogP contribution in [0, 0.1) is 12.8 Å². The van der Waals surface area contributed by atoms with Gasteiger partial charge < -0.3 is 14.4 Å². The molecule has 3 aromatic rings. The standard InChI is InChI=1S/C27H30Cl2N2O2S/c1-18-25(22-13-12-21(28)17-23(22)29)30-27(34-18)31(14-16-33-24-9-5-6-15-32-24)26(20-10-11-20)19-7-3-2-4-8-19/h2-4,7-8,12-13,17,20,24,26H,5-6,9-11,14-16H2,1H3. The fourth-order valence-electron chi connectivity index (χ4n) is 4.68. The highest BCUT2D eigenvalue weighted by Gasteiger charge is 2.38. The first kappa shape index (κ1) is 24.1. The molecule has 1 saturated heterocycles. The highest BCUT2D eigenvalue weighted by Crippen LogP contribution is 2.47. The van der Waals surface area contributed by atoms with Crippen LogP contribution in [0.1, 0.15) is 48.6 Å². The summed E-state index contributed by atoms with van der Waals surface area (Å²) in [7, 11) is 0. The van der Waals surface area contributed by atoms with E-state index in [1.165, 1.54) is 24.8 Å². The Bertz CT molecular complexity index is 1100. The molecule has 0 N–H and O–H groups in total. The Hall–Kier alpha value is -1.63. The SMILES string of the molecule is Cc1sc(N(CCOC2CCCCO2)C(c2ccccc2)C2CC2)nc1-c1ccc(Cl)cc1Cl. The van der Waals surface area contributed by atoms with Crippen LogP contribution in [0.25, 0.3) is 11.3 Å². The molecule has 1 aromatic heterocycles. The van der Waals surface area contributed by atoms with Crippen LogP contribution in [-0.2, 0) is 9.47 Å². The summed E-state index contributed by atoms with van der Waals surface area (Å²) in [5.74, 6) is 0.625. The van der Waals surface area contributed by atoms with Crippen molar-refractivity contribution in [1.82, 2.24) is 4.98 Å². The third-order valence-corrected chi connectivity index (χ3v) is 8.09. The molecule has 0 radical (unpaired) electrons. The van der Waals surface area contributed by atoms with E-state index in [1.807, 2.05) is 12.1 Å². The van der Waals surface area contributed by atoms with Crippen LogP contribution >= 0.6 is 34.5 Å². The van der Waals surface area contributed by atoms with Crippen molar-refractivity contribution in [3.8, 4) is 11.3 Å². The number of hydrogen-bond donors (Lipinski definition) is 0. The number of rotatable bonds is 9. The molecule has 7 heteroatoms. The second-order valence-electron chi connectivity index (χ2n) is 9.08. The lowest BCUT2D eigenvalue weighted by molar-refractivity contribution is -0.160. The van der Waals surface area contributed by atoms with Crippen LogP contribution in [-0.4, -0.2) is 31.0 Å². The second-order valence-corrected chi connectivity index (χ2v) is 11.1. The zero-order valence-electron chi connectivity index (χ0n) is 19.4. The largest absolute Gasteiger partial charge is 0.353 e. The van der Waals surface area contributed by atoms with E-state index in [0.29, 0.717) is 22.6 Å². The van der Waals surface area contributed by atoms with Crippen LogP contribution in [0.3, 0.4) is 0 Å². The molecule has 0 bridgehead atoms. The van der Waals surface area contributed by atoms with Gasteiger partial charge in [0.25, 0.3) is 0 Å². The Labute approximate surface area is 215 Å². The van der Waals surface area contributed by atoms with Crippen LogP contribution in [0.5, 0.6) is 0 Å². The first-order valence-electron chi connectivity index (χ1n) is 12.1. The van der Waals surface area contributed by atoms with Gasteiger partial charge in [-0.3, -0.25) is 0 Å². The fourth-order valence-corrected chi connectivity index (χ4v) is 6.17. The summed E-state index contributed by atoms with van der Waals surface area (Å²) in [4.78, 5) is 8.71. The van der Waals surface area contributed by atoms with Crippen molar-refractivity contribution < 1.29 is 9.47 Å². The molecular formula is C27H30Cl2N2O2S. The topological polar surface area (TPSA) is 34.6 Å². The highest BCUT2D eigenvalue weighted by molar-refractivity contribution is 7.16. The summed E-state index contributed by atoms with van der Waals surface area (Å²) in [6.45, 7) is 4.27. The van der Waals surface area contributed by atoms with Crippen molar-refractivity contribution >= 4 is 39.7 Å². The van der Waals surface area contributed by atoms with Gasteiger partial charge in [-0.1, -0.05) is 53.5 Å². The molecule has 2 aliphatic rings. The van der Waals surface area contributed by atoms with Gasteiger partial charge in [-0.25, -0.2) is 4.98 Å². The number of thiazole rings is 1. The Balaban J connectivity index is 1.45. The molecule has 2 unspecified atom stereocenters. The molecule has 1 saturated carbocycles. The average Bonchev–Trinajstić information content (AvgIpc) is 3.61. The molecule has 2 heterocycles. The smallest absolute Gasteiger partial charge is 0.186 e. The lowest BCUT2D eigenvalue weighted by Crippen LogP contribution is -2.35. The minimum Gasteiger partial charge on any atom is -0.353 e. The van der Waals surface area contributed by atoms with Crippen molar-refractivity contribution in [3.05, 3.63) is 69.0 Å². The van der Waals surface area contributed by atoms with Crippen molar-refractivity contribution in [3.63, 3.8) is 0 Å².